The average molecular weight is 602 g/mol. The molecule has 13 nitrogen and oxygen atoms in total. The van der Waals surface area contributed by atoms with Crippen LogP contribution in [0.3, 0.4) is 0 Å². The van der Waals surface area contributed by atoms with Gasteiger partial charge in [0.15, 0.2) is 23.2 Å². The average Bonchev–Trinajstić information content (AvgIpc) is 3.42. The van der Waals surface area contributed by atoms with Gasteiger partial charge in [-0.15, -0.1) is 0 Å². The van der Waals surface area contributed by atoms with Gasteiger partial charge in [0, 0.05) is 0 Å². The van der Waals surface area contributed by atoms with E-state index >= 15 is 0 Å². The van der Waals surface area contributed by atoms with Crippen molar-refractivity contribution in [2.24, 2.45) is 4.99 Å². The van der Waals surface area contributed by atoms with E-state index in [1.807, 2.05) is 0 Å². The summed E-state index contributed by atoms with van der Waals surface area (Å²) in [6.45, 7) is 1.53. The number of aliphatic hydroxyl groups is 2. The Morgan fingerprint density at radius 2 is 1.62 bits per heavy atom. The van der Waals surface area contributed by atoms with Crippen molar-refractivity contribution in [1.82, 2.24) is 19.5 Å². The Labute approximate surface area is 279 Å². The van der Waals surface area contributed by atoms with Crippen molar-refractivity contribution in [1.29, 1.82) is 0 Å². The molecule has 1 aliphatic heterocycles. The van der Waals surface area contributed by atoms with E-state index in [1.165, 1.54) is 68.6 Å². The Kier molecular flexibility index (Phi) is 18.4. The van der Waals surface area contributed by atoms with Gasteiger partial charge in [-0.1, -0.05) is 71.1 Å². The van der Waals surface area contributed by atoms with Gasteiger partial charge in [-0.2, -0.15) is 0 Å². The fourth-order valence-electron chi connectivity index (χ4n) is 4.49. The van der Waals surface area contributed by atoms with E-state index in [-0.39, 0.29) is 82.0 Å². The maximum absolute atomic E-state index is 12.4. The molecule has 1 aliphatic rings. The van der Waals surface area contributed by atoms with Crippen molar-refractivity contribution in [2.75, 3.05) is 6.61 Å². The first-order valence-electron chi connectivity index (χ1n) is 13.3. The summed E-state index contributed by atoms with van der Waals surface area (Å²) in [6.07, 6.45) is 10.4. The summed E-state index contributed by atoms with van der Waals surface area (Å²) in [7, 11) is -5.03. The Morgan fingerprint density at radius 3 is 2.23 bits per heavy atom. The summed E-state index contributed by atoms with van der Waals surface area (Å²) in [5.74, 6) is -0.228. The number of ether oxygens (including phenoxy) is 1. The van der Waals surface area contributed by atoms with Crippen LogP contribution in [0.4, 0.5) is 5.82 Å². The van der Waals surface area contributed by atoms with Crippen molar-refractivity contribution in [3.8, 4) is 0 Å². The van der Waals surface area contributed by atoms with Crippen molar-refractivity contribution in [3.63, 3.8) is 0 Å². The molecule has 16 heteroatoms. The van der Waals surface area contributed by atoms with Gasteiger partial charge in [-0.25, -0.2) is 19.9 Å². The predicted octanol–water partition coefficient (Wildman–Crippen LogP) is -3.98. The molecule has 40 heavy (non-hydrogen) atoms. The first-order chi connectivity index (χ1) is 18.2. The van der Waals surface area contributed by atoms with Crippen LogP contribution < -0.4 is 69.1 Å². The van der Waals surface area contributed by atoms with Crippen LogP contribution in [0.1, 0.15) is 90.2 Å². The number of hydrogen-bond acceptors (Lipinski definition) is 11. The van der Waals surface area contributed by atoms with E-state index < -0.39 is 39.0 Å². The van der Waals surface area contributed by atoms with Crippen molar-refractivity contribution >= 4 is 30.7 Å². The van der Waals surface area contributed by atoms with E-state index in [4.69, 9.17) is 9.63 Å². The minimum atomic E-state index is -5.03. The summed E-state index contributed by atoms with van der Waals surface area (Å²) in [6, 6.07) is 0. The Bertz CT molecular complexity index is 1090. The third-order valence-electron chi connectivity index (χ3n) is 6.58. The zero-order chi connectivity index (χ0) is 27.5. The number of fused-ring (bicyclic) bond motifs is 1. The zero-order valence-electron chi connectivity index (χ0n) is 23.7. The predicted molar refractivity (Wildman–Crippen MR) is 135 cm³/mol. The van der Waals surface area contributed by atoms with Crippen LogP contribution in [-0.2, 0) is 13.8 Å². The van der Waals surface area contributed by atoms with Gasteiger partial charge in [0.1, 0.15) is 24.6 Å². The van der Waals surface area contributed by atoms with Crippen molar-refractivity contribution < 1.29 is 98.0 Å². The van der Waals surface area contributed by atoms with Crippen LogP contribution in [0.15, 0.2) is 17.6 Å². The number of nitrogens with zero attached hydrogens (tertiary/aromatic N) is 5. The standard InChI is InChI=1S/C24H40N5O8P.2Na/c1-2-3-4-5-6-7-8-9-10-11-12-13-18(30)28-22-19-23(26-15-25-22)29(16-27-19)24-21(32)20(31)17(37-24)14-36-38(33,34)35;;/h15-17,20-21,24,31-32H,2-14H2,1H3,(H2,33,34,35)(H,25,26,28,30);;/q;2*+1/p-2/t17-,20-,21-,24-;;/m1../s1. The number of phosphoric ester groups is 1. The second kappa shape index (κ2) is 19.3. The van der Waals surface area contributed by atoms with Crippen LogP contribution >= 0.6 is 7.82 Å². The summed E-state index contributed by atoms with van der Waals surface area (Å²) in [5, 5.41) is 33.1. The van der Waals surface area contributed by atoms with Gasteiger partial charge in [0.05, 0.1) is 12.9 Å². The molecule has 5 atom stereocenters. The first kappa shape index (κ1) is 38.0. The van der Waals surface area contributed by atoms with E-state index in [0.717, 1.165) is 19.3 Å². The Balaban J connectivity index is 0.00000400. The second-order valence-electron chi connectivity index (χ2n) is 9.62. The Morgan fingerprint density at radius 1 is 1.02 bits per heavy atom. The van der Waals surface area contributed by atoms with Crippen LogP contribution in [-0.4, -0.2) is 65.4 Å². The summed E-state index contributed by atoms with van der Waals surface area (Å²) in [5.41, 5.74) is 0.417. The molecule has 3 heterocycles. The molecule has 0 aromatic carbocycles. The van der Waals surface area contributed by atoms with Crippen LogP contribution in [0, 0.1) is 0 Å². The third-order valence-corrected chi connectivity index (χ3v) is 7.05. The van der Waals surface area contributed by atoms with E-state index in [1.54, 1.807) is 0 Å². The van der Waals surface area contributed by atoms with E-state index in [2.05, 4.69) is 31.4 Å². The number of phosphoric acid groups is 1. The molecule has 2 aromatic rings. The van der Waals surface area contributed by atoms with Gasteiger partial charge in [-0.05, 0) is 18.7 Å². The number of imidazole rings is 1. The SMILES string of the molecule is CCCCCCCCCCCCCC([O-])=Nc1ncnc2c1ncn2[C@@H]1O[C@H](COP(=O)([O-])O)[C@@H](O)[C@H]1O.[Na+].[Na+]. The maximum atomic E-state index is 12.4. The third kappa shape index (κ3) is 11.9. The van der Waals surface area contributed by atoms with Gasteiger partial charge >= 0.3 is 59.1 Å². The molecule has 2 aromatic heterocycles. The summed E-state index contributed by atoms with van der Waals surface area (Å²) >= 11 is 0. The molecular weight excluding hydrogens is 563 g/mol. The number of unbranched alkanes of at least 4 members (excludes halogenated alkanes) is 10. The smallest absolute Gasteiger partial charge is 0.862 e. The largest absolute Gasteiger partial charge is 1.00 e. The summed E-state index contributed by atoms with van der Waals surface area (Å²) < 4.78 is 22.0. The van der Waals surface area contributed by atoms with Gasteiger partial charge in [-0.3, -0.25) is 9.13 Å². The number of aliphatic hydroxyl groups excluding tert-OH is 2. The number of aromatic nitrogens is 4. The van der Waals surface area contributed by atoms with Gasteiger partial charge in [0.25, 0.3) is 7.82 Å². The molecule has 0 bridgehead atoms. The van der Waals surface area contributed by atoms with Crippen LogP contribution in [0.2, 0.25) is 0 Å². The van der Waals surface area contributed by atoms with Crippen molar-refractivity contribution in [2.45, 2.75) is 109 Å². The zero-order valence-corrected chi connectivity index (χ0v) is 28.6. The van der Waals surface area contributed by atoms with Crippen LogP contribution in [0.5, 0.6) is 0 Å². The molecule has 0 radical (unpaired) electrons. The molecule has 1 saturated heterocycles. The van der Waals surface area contributed by atoms with Gasteiger partial charge in [0.2, 0.25) is 0 Å². The van der Waals surface area contributed by atoms with E-state index in [0.29, 0.717) is 6.42 Å². The molecule has 3 N–H and O–H groups in total. The second-order valence-corrected chi connectivity index (χ2v) is 10.8. The van der Waals surface area contributed by atoms with Gasteiger partial charge < -0.3 is 34.4 Å². The topological polar surface area (TPSA) is 198 Å². The Hall–Kier alpha value is 0.01000. The number of hydrogen-bond donors (Lipinski definition) is 3. The van der Waals surface area contributed by atoms with Crippen LogP contribution in [0.25, 0.3) is 11.2 Å². The van der Waals surface area contributed by atoms with Crippen molar-refractivity contribution in [3.05, 3.63) is 12.7 Å². The fourth-order valence-corrected chi connectivity index (χ4v) is 4.82. The summed E-state index contributed by atoms with van der Waals surface area (Å²) in [4.78, 5) is 36.1. The minimum absolute atomic E-state index is 0. The molecule has 0 spiro atoms. The molecule has 0 amide bonds. The quantitative estimate of drug-likeness (QED) is 0.0525. The molecular formula is C24H38N5Na2O8P. The maximum Gasteiger partial charge on any atom is 1.00 e. The molecule has 0 saturated carbocycles. The number of aliphatic imine (C=N–C) groups is 1. The molecule has 1 unspecified atom stereocenters. The molecule has 1 fully saturated rings. The monoisotopic (exact) mass is 601 g/mol. The molecule has 3 rings (SSSR count). The fraction of sp³-hybridized carbons (Fsp3) is 0.750. The first-order valence-corrected chi connectivity index (χ1v) is 14.8. The number of rotatable bonds is 17. The molecule has 214 valence electrons. The molecule has 0 aliphatic carbocycles. The van der Waals surface area contributed by atoms with E-state index in [9.17, 15) is 24.8 Å². The minimum Gasteiger partial charge on any atom is -0.862 e. The normalized spacial score (nSPS) is 22.6.